The average molecular weight is 485 g/mol. The molecular weight excluding hydrogens is 452 g/mol. The van der Waals surface area contributed by atoms with Gasteiger partial charge in [0.25, 0.3) is 0 Å². The predicted molar refractivity (Wildman–Crippen MR) is 129 cm³/mol. The van der Waals surface area contributed by atoms with E-state index in [2.05, 4.69) is 13.0 Å². The number of carbonyl (C=O) groups excluding carboxylic acids is 3. The Balaban J connectivity index is 1.58. The summed E-state index contributed by atoms with van der Waals surface area (Å²) < 4.78 is 5.03. The Labute approximate surface area is 206 Å². The van der Waals surface area contributed by atoms with E-state index in [4.69, 9.17) is 16.3 Å². The van der Waals surface area contributed by atoms with Crippen molar-refractivity contribution in [2.45, 2.75) is 64.5 Å². The number of likely N-dealkylation sites (tertiary alicyclic amines) is 1. The molecule has 0 aromatic heterocycles. The number of ether oxygens (including phenoxy) is 1. The minimum absolute atomic E-state index is 0.0672. The van der Waals surface area contributed by atoms with Crippen LogP contribution in [0.15, 0.2) is 24.3 Å². The zero-order valence-corrected chi connectivity index (χ0v) is 20.8. The summed E-state index contributed by atoms with van der Waals surface area (Å²) in [6, 6.07) is 4.01. The third-order valence-corrected chi connectivity index (χ3v) is 8.56. The number of halogens is 1. The highest BCUT2D eigenvalue weighted by Crippen LogP contribution is 2.55. The van der Waals surface area contributed by atoms with Gasteiger partial charge in [-0.15, -0.1) is 0 Å². The van der Waals surface area contributed by atoms with Gasteiger partial charge in [0, 0.05) is 30.1 Å². The Bertz CT molecular complexity index is 1050. The number of benzene rings is 1. The fourth-order valence-electron chi connectivity index (χ4n) is 6.19. The van der Waals surface area contributed by atoms with Crippen LogP contribution in [-0.2, 0) is 32.0 Å². The Hall–Kier alpha value is -2.34. The summed E-state index contributed by atoms with van der Waals surface area (Å²) in [6.07, 6.45) is 9.63. The van der Waals surface area contributed by atoms with E-state index in [1.165, 1.54) is 7.11 Å². The number of nitrogens with zero attached hydrogens (tertiary/aromatic N) is 2. The van der Waals surface area contributed by atoms with E-state index in [1.54, 1.807) is 0 Å². The summed E-state index contributed by atoms with van der Waals surface area (Å²) in [4.78, 5) is 43.8. The first kappa shape index (κ1) is 23.4. The van der Waals surface area contributed by atoms with Gasteiger partial charge in [0.15, 0.2) is 0 Å². The number of methoxy groups -OCH3 is 1. The second-order valence-electron chi connectivity index (χ2n) is 10.4. The van der Waals surface area contributed by atoms with Crippen molar-refractivity contribution in [1.29, 1.82) is 0 Å². The van der Waals surface area contributed by atoms with Crippen LogP contribution in [0.4, 0.5) is 0 Å². The summed E-state index contributed by atoms with van der Waals surface area (Å²) >= 11 is 6.67. The molecule has 1 aromatic rings. The van der Waals surface area contributed by atoms with Gasteiger partial charge in [-0.05, 0) is 61.1 Å². The molecule has 5 rings (SSSR count). The summed E-state index contributed by atoms with van der Waals surface area (Å²) in [5, 5.41) is 0.702. The molecule has 1 aromatic carbocycles. The molecule has 2 amide bonds. The standard InChI is InChI=1S/C27H33ClN2O4/c1-3-6-17-9-10-21(28)20-11-14-29(25(32)18-7-4-5-8-19(18)26(33)34-2)24(23(17)20)30-16-27(12-13-27)15-22(30)31/h4-5,9-10,18-19,24H,3,6-8,11-16H2,1-2H3. The van der Waals surface area contributed by atoms with Crippen molar-refractivity contribution in [3.63, 3.8) is 0 Å². The number of hydrogen-bond donors (Lipinski definition) is 0. The second kappa shape index (κ2) is 9.03. The fraction of sp³-hybridized carbons (Fsp3) is 0.593. The molecule has 34 heavy (non-hydrogen) atoms. The zero-order valence-electron chi connectivity index (χ0n) is 20.0. The molecule has 2 heterocycles. The SMILES string of the molecule is CCCc1ccc(Cl)c2c1C(N1CC3(CC3)CC1=O)N(C(=O)C1CC=CCC1C(=O)OC)CC2. The number of amides is 2. The van der Waals surface area contributed by atoms with Crippen LogP contribution in [0.1, 0.15) is 68.3 Å². The Morgan fingerprint density at radius 3 is 2.56 bits per heavy atom. The normalized spacial score (nSPS) is 27.1. The predicted octanol–water partition coefficient (Wildman–Crippen LogP) is 4.44. The molecule has 6 nitrogen and oxygen atoms in total. The van der Waals surface area contributed by atoms with Crippen molar-refractivity contribution in [2.24, 2.45) is 17.3 Å². The number of esters is 1. The van der Waals surface area contributed by atoms with Crippen LogP contribution in [0, 0.1) is 17.3 Å². The number of carbonyl (C=O) groups is 3. The molecule has 2 fully saturated rings. The minimum Gasteiger partial charge on any atom is -0.469 e. The summed E-state index contributed by atoms with van der Waals surface area (Å²) in [5.74, 6) is -1.28. The summed E-state index contributed by atoms with van der Waals surface area (Å²) in [5.41, 5.74) is 3.32. The lowest BCUT2D eigenvalue weighted by molar-refractivity contribution is -0.157. The highest BCUT2D eigenvalue weighted by atomic mass is 35.5. The van der Waals surface area contributed by atoms with Gasteiger partial charge in [0.2, 0.25) is 11.8 Å². The number of allylic oxidation sites excluding steroid dienone is 2. The highest BCUT2D eigenvalue weighted by molar-refractivity contribution is 6.31. The molecule has 1 saturated carbocycles. The van der Waals surface area contributed by atoms with Gasteiger partial charge in [-0.25, -0.2) is 0 Å². The molecule has 1 saturated heterocycles. The van der Waals surface area contributed by atoms with E-state index in [1.807, 2.05) is 28.0 Å². The van der Waals surface area contributed by atoms with E-state index in [0.29, 0.717) is 43.8 Å². The molecule has 2 aliphatic carbocycles. The molecule has 182 valence electrons. The van der Waals surface area contributed by atoms with Crippen molar-refractivity contribution < 1.29 is 19.1 Å². The molecule has 0 radical (unpaired) electrons. The number of rotatable bonds is 5. The average Bonchev–Trinajstić information content (AvgIpc) is 3.53. The number of fused-ring (bicyclic) bond motifs is 1. The van der Waals surface area contributed by atoms with Gasteiger partial charge in [-0.3, -0.25) is 14.4 Å². The van der Waals surface area contributed by atoms with Crippen LogP contribution in [0.5, 0.6) is 0 Å². The van der Waals surface area contributed by atoms with Crippen molar-refractivity contribution in [2.75, 3.05) is 20.2 Å². The number of aryl methyl sites for hydroxylation is 1. The third kappa shape index (κ3) is 3.94. The van der Waals surface area contributed by atoms with Gasteiger partial charge >= 0.3 is 5.97 Å². The van der Waals surface area contributed by atoms with Crippen LogP contribution >= 0.6 is 11.6 Å². The van der Waals surface area contributed by atoms with Crippen LogP contribution in [0.3, 0.4) is 0 Å². The molecule has 0 N–H and O–H groups in total. The number of hydrogen-bond acceptors (Lipinski definition) is 4. The monoisotopic (exact) mass is 484 g/mol. The van der Waals surface area contributed by atoms with E-state index in [0.717, 1.165) is 42.4 Å². The molecule has 2 aliphatic heterocycles. The van der Waals surface area contributed by atoms with E-state index in [9.17, 15) is 14.4 Å². The molecule has 1 spiro atoms. The topological polar surface area (TPSA) is 66.9 Å². The largest absolute Gasteiger partial charge is 0.469 e. The third-order valence-electron chi connectivity index (χ3n) is 8.21. The van der Waals surface area contributed by atoms with Crippen LogP contribution in [0.25, 0.3) is 0 Å². The molecule has 3 unspecified atom stereocenters. The Morgan fingerprint density at radius 2 is 1.91 bits per heavy atom. The van der Waals surface area contributed by atoms with Gasteiger partial charge in [-0.2, -0.15) is 0 Å². The zero-order chi connectivity index (χ0) is 24.0. The first-order valence-corrected chi connectivity index (χ1v) is 12.9. The van der Waals surface area contributed by atoms with Gasteiger partial charge in [0.1, 0.15) is 6.17 Å². The quantitative estimate of drug-likeness (QED) is 0.457. The Kier molecular flexibility index (Phi) is 6.21. The minimum atomic E-state index is -0.497. The smallest absolute Gasteiger partial charge is 0.309 e. The van der Waals surface area contributed by atoms with Crippen LogP contribution in [0.2, 0.25) is 5.02 Å². The van der Waals surface area contributed by atoms with Crippen LogP contribution < -0.4 is 0 Å². The van der Waals surface area contributed by atoms with E-state index >= 15 is 0 Å². The summed E-state index contributed by atoms with van der Waals surface area (Å²) in [7, 11) is 1.37. The maximum absolute atomic E-state index is 14.1. The van der Waals surface area contributed by atoms with Crippen molar-refractivity contribution in [1.82, 2.24) is 9.80 Å². The summed E-state index contributed by atoms with van der Waals surface area (Å²) in [6.45, 7) is 3.30. The lowest BCUT2D eigenvalue weighted by atomic mass is 9.81. The highest BCUT2D eigenvalue weighted by Gasteiger charge is 2.55. The van der Waals surface area contributed by atoms with Crippen LogP contribution in [-0.4, -0.2) is 47.8 Å². The molecule has 0 bridgehead atoms. The first-order valence-electron chi connectivity index (χ1n) is 12.5. The van der Waals surface area contributed by atoms with Crippen molar-refractivity contribution in [3.05, 3.63) is 46.0 Å². The molecular formula is C27H33ClN2O4. The lowest BCUT2D eigenvalue weighted by Crippen LogP contribution is -2.52. The van der Waals surface area contributed by atoms with Crippen molar-refractivity contribution >= 4 is 29.4 Å². The maximum Gasteiger partial charge on any atom is 0.309 e. The van der Waals surface area contributed by atoms with Gasteiger partial charge < -0.3 is 14.5 Å². The molecule has 3 atom stereocenters. The van der Waals surface area contributed by atoms with E-state index < -0.39 is 18.0 Å². The lowest BCUT2D eigenvalue weighted by Gasteiger charge is -2.45. The Morgan fingerprint density at radius 1 is 1.18 bits per heavy atom. The van der Waals surface area contributed by atoms with Gasteiger partial charge in [-0.1, -0.05) is 43.2 Å². The first-order chi connectivity index (χ1) is 16.4. The van der Waals surface area contributed by atoms with Gasteiger partial charge in [0.05, 0.1) is 18.9 Å². The van der Waals surface area contributed by atoms with Crippen molar-refractivity contribution in [3.8, 4) is 0 Å². The maximum atomic E-state index is 14.1. The fourth-order valence-corrected chi connectivity index (χ4v) is 6.45. The second-order valence-corrected chi connectivity index (χ2v) is 10.8. The molecule has 7 heteroatoms. The van der Waals surface area contributed by atoms with E-state index in [-0.39, 0.29) is 23.2 Å². The molecule has 4 aliphatic rings.